The van der Waals surface area contributed by atoms with Crippen molar-refractivity contribution < 1.29 is 9.59 Å². The molecule has 0 aromatic carbocycles. The molecule has 2 aliphatic heterocycles. The van der Waals surface area contributed by atoms with Crippen LogP contribution in [0.4, 0.5) is 0 Å². The smallest absolute Gasteiger partial charge is 0.257 e. The molecule has 0 bridgehead atoms. The van der Waals surface area contributed by atoms with Crippen LogP contribution in [0.3, 0.4) is 0 Å². The molecule has 1 N–H and O–H groups in total. The highest BCUT2D eigenvalue weighted by Crippen LogP contribution is 2.41. The number of aryl methyl sites for hydroxylation is 1. The molecule has 4 rings (SSSR count). The first-order chi connectivity index (χ1) is 12.6. The predicted octanol–water partition coefficient (Wildman–Crippen LogP) is 2.62. The van der Waals surface area contributed by atoms with E-state index in [0.717, 1.165) is 75.5 Å². The Morgan fingerprint density at radius 1 is 1.35 bits per heavy atom. The Balaban J connectivity index is 1.47. The SMILES string of the molecule is CCCc1[nH]ncc1C(=O)N1CCCC2(CCC(=O)N(CC3CC3)C2)C1. The number of piperidine rings is 2. The first-order valence-corrected chi connectivity index (χ1v) is 10.2. The summed E-state index contributed by atoms with van der Waals surface area (Å²) in [5.74, 6) is 1.14. The second-order valence-corrected chi connectivity index (χ2v) is 8.56. The van der Waals surface area contributed by atoms with Gasteiger partial charge >= 0.3 is 0 Å². The third kappa shape index (κ3) is 3.51. The summed E-state index contributed by atoms with van der Waals surface area (Å²) in [6.45, 7) is 5.46. The molecule has 6 heteroatoms. The highest BCUT2D eigenvalue weighted by atomic mass is 16.2. The van der Waals surface area contributed by atoms with E-state index in [1.54, 1.807) is 6.20 Å². The van der Waals surface area contributed by atoms with Crippen LogP contribution >= 0.6 is 0 Å². The minimum absolute atomic E-state index is 0.0887. The van der Waals surface area contributed by atoms with E-state index in [2.05, 4.69) is 22.0 Å². The zero-order chi connectivity index (χ0) is 18.1. The maximum atomic E-state index is 13.1. The van der Waals surface area contributed by atoms with Gasteiger partial charge in [0.2, 0.25) is 5.91 Å². The molecule has 26 heavy (non-hydrogen) atoms. The van der Waals surface area contributed by atoms with Gasteiger partial charge in [0.15, 0.2) is 0 Å². The lowest BCUT2D eigenvalue weighted by Gasteiger charge is -2.48. The standard InChI is InChI=1S/C20H30N4O2/c1-2-4-17-16(11-21-22-17)19(26)23-10-3-8-20(13-23)9-7-18(25)24(14-20)12-15-5-6-15/h11,15H,2-10,12-14H2,1H3,(H,21,22). The maximum absolute atomic E-state index is 13.1. The number of hydrogen-bond acceptors (Lipinski definition) is 3. The molecule has 1 aliphatic carbocycles. The van der Waals surface area contributed by atoms with E-state index < -0.39 is 0 Å². The van der Waals surface area contributed by atoms with E-state index in [1.807, 2.05) is 4.90 Å². The van der Waals surface area contributed by atoms with E-state index in [0.29, 0.717) is 12.3 Å². The normalized spacial score (nSPS) is 26.6. The Kier molecular flexibility index (Phi) is 4.76. The average molecular weight is 358 g/mol. The molecule has 1 saturated carbocycles. The lowest BCUT2D eigenvalue weighted by atomic mass is 9.73. The van der Waals surface area contributed by atoms with Crippen molar-refractivity contribution in [2.24, 2.45) is 11.3 Å². The summed E-state index contributed by atoms with van der Waals surface area (Å²) in [5, 5.41) is 7.09. The van der Waals surface area contributed by atoms with Crippen LogP contribution in [0.15, 0.2) is 6.20 Å². The predicted molar refractivity (Wildman–Crippen MR) is 98.7 cm³/mol. The van der Waals surface area contributed by atoms with Crippen molar-refractivity contribution in [3.63, 3.8) is 0 Å². The number of carbonyl (C=O) groups is 2. The van der Waals surface area contributed by atoms with Crippen molar-refractivity contribution in [1.29, 1.82) is 0 Å². The number of nitrogens with zero attached hydrogens (tertiary/aromatic N) is 3. The van der Waals surface area contributed by atoms with Crippen molar-refractivity contribution in [1.82, 2.24) is 20.0 Å². The number of likely N-dealkylation sites (tertiary alicyclic amines) is 2. The number of aromatic amines is 1. The Bertz CT molecular complexity index is 681. The highest BCUT2D eigenvalue weighted by molar-refractivity contribution is 5.95. The quantitative estimate of drug-likeness (QED) is 0.880. The molecule has 0 radical (unpaired) electrons. The van der Waals surface area contributed by atoms with E-state index >= 15 is 0 Å². The molecule has 1 aromatic heterocycles. The summed E-state index contributed by atoms with van der Waals surface area (Å²) in [7, 11) is 0. The van der Waals surface area contributed by atoms with Crippen LogP contribution in [0.1, 0.15) is 67.9 Å². The number of nitrogens with one attached hydrogen (secondary N) is 1. The second-order valence-electron chi connectivity index (χ2n) is 8.56. The van der Waals surface area contributed by atoms with Crippen LogP contribution in [-0.2, 0) is 11.2 Å². The molecule has 3 fully saturated rings. The van der Waals surface area contributed by atoms with Crippen LogP contribution in [0.5, 0.6) is 0 Å². The Hall–Kier alpha value is -1.85. The van der Waals surface area contributed by atoms with Gasteiger partial charge < -0.3 is 9.80 Å². The fourth-order valence-electron chi connectivity index (χ4n) is 4.70. The monoisotopic (exact) mass is 358 g/mol. The first-order valence-electron chi connectivity index (χ1n) is 10.2. The van der Waals surface area contributed by atoms with Gasteiger partial charge in [0, 0.05) is 43.7 Å². The van der Waals surface area contributed by atoms with Crippen LogP contribution in [0, 0.1) is 11.3 Å². The van der Waals surface area contributed by atoms with E-state index in [-0.39, 0.29) is 11.3 Å². The number of amides is 2. The number of hydrogen-bond donors (Lipinski definition) is 1. The van der Waals surface area contributed by atoms with Gasteiger partial charge in [-0.3, -0.25) is 14.7 Å². The van der Waals surface area contributed by atoms with Gasteiger partial charge in [-0.1, -0.05) is 13.3 Å². The van der Waals surface area contributed by atoms with Crippen LogP contribution in [-0.4, -0.2) is 58.0 Å². The molecule has 3 heterocycles. The van der Waals surface area contributed by atoms with Gasteiger partial charge in [0.05, 0.1) is 11.8 Å². The zero-order valence-corrected chi connectivity index (χ0v) is 15.8. The fourth-order valence-corrected chi connectivity index (χ4v) is 4.70. The van der Waals surface area contributed by atoms with Crippen molar-refractivity contribution in [3.05, 3.63) is 17.5 Å². The van der Waals surface area contributed by atoms with Crippen molar-refractivity contribution >= 4 is 11.8 Å². The summed E-state index contributed by atoms with van der Waals surface area (Å²) in [4.78, 5) is 29.5. The Morgan fingerprint density at radius 2 is 2.19 bits per heavy atom. The van der Waals surface area contributed by atoms with E-state index in [4.69, 9.17) is 0 Å². The van der Waals surface area contributed by atoms with Crippen LogP contribution < -0.4 is 0 Å². The summed E-state index contributed by atoms with van der Waals surface area (Å²) in [6, 6.07) is 0. The minimum Gasteiger partial charge on any atom is -0.342 e. The van der Waals surface area contributed by atoms with Crippen LogP contribution in [0.25, 0.3) is 0 Å². The van der Waals surface area contributed by atoms with Gasteiger partial charge in [-0.2, -0.15) is 5.10 Å². The molecule has 6 nitrogen and oxygen atoms in total. The lowest BCUT2D eigenvalue weighted by Crippen LogP contribution is -2.55. The van der Waals surface area contributed by atoms with E-state index in [9.17, 15) is 9.59 Å². The second kappa shape index (κ2) is 7.05. The van der Waals surface area contributed by atoms with Gasteiger partial charge in [-0.25, -0.2) is 0 Å². The summed E-state index contributed by atoms with van der Waals surface area (Å²) < 4.78 is 0. The molecule has 2 saturated heterocycles. The molecule has 1 unspecified atom stereocenters. The molecule has 1 spiro atoms. The molecule has 3 aliphatic rings. The van der Waals surface area contributed by atoms with Gasteiger partial charge in [-0.05, 0) is 44.4 Å². The molecular weight excluding hydrogens is 328 g/mol. The third-order valence-electron chi connectivity index (χ3n) is 6.32. The van der Waals surface area contributed by atoms with Crippen LogP contribution in [0.2, 0.25) is 0 Å². The number of H-pyrrole nitrogens is 1. The molecule has 2 amide bonds. The zero-order valence-electron chi connectivity index (χ0n) is 15.8. The summed E-state index contributed by atoms with van der Waals surface area (Å²) in [5.41, 5.74) is 1.77. The van der Waals surface area contributed by atoms with E-state index in [1.165, 1.54) is 12.8 Å². The third-order valence-corrected chi connectivity index (χ3v) is 6.32. The number of carbonyl (C=O) groups excluding carboxylic acids is 2. The highest BCUT2D eigenvalue weighted by Gasteiger charge is 2.44. The Labute approximate surface area is 155 Å². The number of aromatic nitrogens is 2. The van der Waals surface area contributed by atoms with Gasteiger partial charge in [0.1, 0.15) is 0 Å². The summed E-state index contributed by atoms with van der Waals surface area (Å²) >= 11 is 0. The fraction of sp³-hybridized carbons (Fsp3) is 0.750. The minimum atomic E-state index is 0.0887. The van der Waals surface area contributed by atoms with Gasteiger partial charge in [0.25, 0.3) is 5.91 Å². The maximum Gasteiger partial charge on any atom is 0.257 e. The summed E-state index contributed by atoms with van der Waals surface area (Å²) in [6.07, 6.45) is 9.76. The number of rotatable bonds is 5. The average Bonchev–Trinajstić information content (AvgIpc) is 3.34. The largest absolute Gasteiger partial charge is 0.342 e. The van der Waals surface area contributed by atoms with Crippen molar-refractivity contribution in [2.45, 2.75) is 58.3 Å². The van der Waals surface area contributed by atoms with Crippen molar-refractivity contribution in [2.75, 3.05) is 26.2 Å². The molecule has 1 atom stereocenters. The first kappa shape index (κ1) is 17.6. The molecule has 1 aromatic rings. The molecular formula is C20H30N4O2. The topological polar surface area (TPSA) is 69.3 Å². The molecule has 142 valence electrons. The van der Waals surface area contributed by atoms with Gasteiger partial charge in [-0.15, -0.1) is 0 Å². The Morgan fingerprint density at radius 3 is 2.96 bits per heavy atom. The van der Waals surface area contributed by atoms with Crippen molar-refractivity contribution in [3.8, 4) is 0 Å². The lowest BCUT2D eigenvalue weighted by molar-refractivity contribution is -0.139.